The first kappa shape index (κ1) is 15.2. The van der Waals surface area contributed by atoms with E-state index in [1.165, 1.54) is 23.6 Å². The van der Waals surface area contributed by atoms with Gasteiger partial charge < -0.3 is 5.32 Å². The van der Waals surface area contributed by atoms with Gasteiger partial charge in [-0.2, -0.15) is 0 Å². The van der Waals surface area contributed by atoms with Crippen LogP contribution >= 0.6 is 22.9 Å². The van der Waals surface area contributed by atoms with Crippen LogP contribution in [0.4, 0.5) is 5.82 Å². The van der Waals surface area contributed by atoms with E-state index in [1.807, 2.05) is 6.92 Å². The van der Waals surface area contributed by atoms with Gasteiger partial charge in [0.25, 0.3) is 0 Å². The summed E-state index contributed by atoms with van der Waals surface area (Å²) in [6.45, 7) is 2.70. The molecule has 108 valence electrons. The minimum absolute atomic E-state index is 0.0284. The third-order valence-electron chi connectivity index (χ3n) is 2.37. The molecule has 6 nitrogen and oxygen atoms in total. The largest absolute Gasteiger partial charge is 0.369 e. The van der Waals surface area contributed by atoms with Crippen LogP contribution in [0.1, 0.15) is 11.9 Å². The van der Waals surface area contributed by atoms with Crippen LogP contribution in [-0.2, 0) is 16.6 Å². The lowest BCUT2D eigenvalue weighted by Crippen LogP contribution is -2.23. The van der Waals surface area contributed by atoms with Crippen molar-refractivity contribution in [1.29, 1.82) is 0 Å². The molecule has 2 rings (SSSR count). The molecule has 0 fully saturated rings. The number of rotatable bonds is 6. The number of aromatic nitrogens is 2. The highest BCUT2D eigenvalue weighted by Crippen LogP contribution is 2.22. The Morgan fingerprint density at radius 1 is 1.40 bits per heavy atom. The van der Waals surface area contributed by atoms with Crippen molar-refractivity contribution in [3.05, 3.63) is 33.9 Å². The quantitative estimate of drug-likeness (QED) is 0.846. The van der Waals surface area contributed by atoms with E-state index in [4.69, 9.17) is 11.6 Å². The summed E-state index contributed by atoms with van der Waals surface area (Å²) in [5, 5.41) is 5.69. The number of nitrogens with one attached hydrogen (secondary N) is 2. The SMILES string of the molecule is CCNc1ncc(S(=O)(=O)NCc2nccs2)cc1Cl. The number of sulfonamides is 1. The van der Waals surface area contributed by atoms with Crippen LogP contribution in [0, 0.1) is 0 Å². The van der Waals surface area contributed by atoms with Crippen LogP contribution in [-0.4, -0.2) is 24.9 Å². The number of pyridine rings is 1. The van der Waals surface area contributed by atoms with Crippen molar-refractivity contribution in [2.75, 3.05) is 11.9 Å². The Bertz CT molecular complexity index is 674. The Balaban J connectivity index is 2.14. The smallest absolute Gasteiger partial charge is 0.242 e. The van der Waals surface area contributed by atoms with Gasteiger partial charge in [-0.15, -0.1) is 11.3 Å². The average Bonchev–Trinajstić information content (AvgIpc) is 2.92. The molecule has 0 unspecified atom stereocenters. The maximum atomic E-state index is 12.1. The summed E-state index contributed by atoms with van der Waals surface area (Å²) >= 11 is 7.37. The van der Waals surface area contributed by atoms with E-state index < -0.39 is 10.0 Å². The predicted octanol–water partition coefficient (Wildman–Crippen LogP) is 2.10. The number of hydrogen-bond donors (Lipinski definition) is 2. The van der Waals surface area contributed by atoms with Crippen molar-refractivity contribution in [2.24, 2.45) is 0 Å². The predicted molar refractivity (Wildman–Crippen MR) is 79.6 cm³/mol. The Morgan fingerprint density at radius 3 is 2.80 bits per heavy atom. The van der Waals surface area contributed by atoms with Crippen LogP contribution in [0.25, 0.3) is 0 Å². The molecule has 9 heteroatoms. The van der Waals surface area contributed by atoms with E-state index in [-0.39, 0.29) is 16.5 Å². The molecule has 0 spiro atoms. The molecular formula is C11H13ClN4O2S2. The lowest BCUT2D eigenvalue weighted by atomic mass is 10.4. The van der Waals surface area contributed by atoms with E-state index in [0.717, 1.165) is 0 Å². The van der Waals surface area contributed by atoms with E-state index in [0.29, 0.717) is 17.4 Å². The fourth-order valence-electron chi connectivity index (χ4n) is 1.45. The molecule has 0 aliphatic rings. The topological polar surface area (TPSA) is 84.0 Å². The maximum absolute atomic E-state index is 12.1. The van der Waals surface area contributed by atoms with Crippen LogP contribution in [0.5, 0.6) is 0 Å². The third-order valence-corrected chi connectivity index (χ3v) is 4.80. The molecule has 20 heavy (non-hydrogen) atoms. The molecule has 0 saturated heterocycles. The van der Waals surface area contributed by atoms with Gasteiger partial charge in [-0.25, -0.2) is 23.1 Å². The summed E-state index contributed by atoms with van der Waals surface area (Å²) in [5.41, 5.74) is 0. The van der Waals surface area contributed by atoms with Gasteiger partial charge in [0.1, 0.15) is 15.7 Å². The van der Waals surface area contributed by atoms with Crippen molar-refractivity contribution in [3.63, 3.8) is 0 Å². The maximum Gasteiger partial charge on any atom is 0.242 e. The molecule has 0 aliphatic heterocycles. The normalized spacial score (nSPS) is 11.5. The van der Waals surface area contributed by atoms with Gasteiger partial charge in [0, 0.05) is 24.3 Å². The molecule has 0 radical (unpaired) electrons. The first-order valence-corrected chi connectivity index (χ1v) is 8.54. The second-order valence-corrected chi connectivity index (χ2v) is 6.94. The summed E-state index contributed by atoms with van der Waals surface area (Å²) in [5.74, 6) is 0.466. The van der Waals surface area contributed by atoms with Gasteiger partial charge in [0.05, 0.1) is 11.6 Å². The second-order valence-electron chi connectivity index (χ2n) is 3.78. The van der Waals surface area contributed by atoms with Crippen molar-refractivity contribution < 1.29 is 8.42 Å². The zero-order valence-corrected chi connectivity index (χ0v) is 13.0. The van der Waals surface area contributed by atoms with E-state index in [2.05, 4.69) is 20.0 Å². The summed E-state index contributed by atoms with van der Waals surface area (Å²) in [6, 6.07) is 1.37. The van der Waals surface area contributed by atoms with Crippen molar-refractivity contribution >= 4 is 38.8 Å². The summed E-state index contributed by atoms with van der Waals surface area (Å²) in [6.07, 6.45) is 2.89. The number of anilines is 1. The highest BCUT2D eigenvalue weighted by Gasteiger charge is 2.16. The zero-order valence-electron chi connectivity index (χ0n) is 10.6. The van der Waals surface area contributed by atoms with Gasteiger partial charge in [0.15, 0.2) is 0 Å². The summed E-state index contributed by atoms with van der Waals surface area (Å²) in [7, 11) is -3.65. The number of thiazole rings is 1. The third kappa shape index (κ3) is 3.66. The Hall–Kier alpha value is -1.22. The van der Waals surface area contributed by atoms with Crippen LogP contribution in [0.15, 0.2) is 28.7 Å². The minimum atomic E-state index is -3.65. The Labute approximate surface area is 126 Å². The van der Waals surface area contributed by atoms with Gasteiger partial charge in [0.2, 0.25) is 10.0 Å². The van der Waals surface area contributed by atoms with E-state index >= 15 is 0 Å². The first-order chi connectivity index (χ1) is 9.53. The zero-order chi connectivity index (χ0) is 14.6. The monoisotopic (exact) mass is 332 g/mol. The standard InChI is InChI=1S/C11H13ClN4O2S2/c1-2-13-11-9(12)5-8(6-15-11)20(17,18)16-7-10-14-3-4-19-10/h3-6,16H,2,7H2,1H3,(H,13,15). The number of halogens is 1. The average molecular weight is 333 g/mol. The molecule has 2 aromatic rings. The summed E-state index contributed by atoms with van der Waals surface area (Å²) < 4.78 is 26.6. The van der Waals surface area contributed by atoms with Crippen molar-refractivity contribution in [3.8, 4) is 0 Å². The van der Waals surface area contributed by atoms with E-state index in [9.17, 15) is 8.42 Å². The van der Waals surface area contributed by atoms with Gasteiger partial charge in [-0.1, -0.05) is 11.6 Å². The molecule has 0 atom stereocenters. The molecule has 2 N–H and O–H groups in total. The highest BCUT2D eigenvalue weighted by molar-refractivity contribution is 7.89. The molecule has 0 bridgehead atoms. The number of hydrogen-bond acceptors (Lipinski definition) is 6. The minimum Gasteiger partial charge on any atom is -0.369 e. The molecular weight excluding hydrogens is 320 g/mol. The molecule has 0 aliphatic carbocycles. The molecule has 0 amide bonds. The van der Waals surface area contributed by atoms with Crippen molar-refractivity contribution in [1.82, 2.24) is 14.7 Å². The van der Waals surface area contributed by atoms with Gasteiger partial charge >= 0.3 is 0 Å². The van der Waals surface area contributed by atoms with Crippen molar-refractivity contribution in [2.45, 2.75) is 18.4 Å². The van der Waals surface area contributed by atoms with Crippen LogP contribution in [0.2, 0.25) is 5.02 Å². The molecule has 0 aromatic carbocycles. The molecule has 2 heterocycles. The summed E-state index contributed by atoms with van der Waals surface area (Å²) in [4.78, 5) is 8.04. The van der Waals surface area contributed by atoms with Gasteiger partial charge in [-0.05, 0) is 13.0 Å². The number of nitrogens with zero attached hydrogens (tertiary/aromatic N) is 2. The van der Waals surface area contributed by atoms with Crippen LogP contribution in [0.3, 0.4) is 0 Å². The lowest BCUT2D eigenvalue weighted by molar-refractivity contribution is 0.580. The van der Waals surface area contributed by atoms with Crippen LogP contribution < -0.4 is 10.0 Å². The fraction of sp³-hybridized carbons (Fsp3) is 0.273. The highest BCUT2D eigenvalue weighted by atomic mass is 35.5. The lowest BCUT2D eigenvalue weighted by Gasteiger charge is -2.08. The molecule has 0 saturated carbocycles. The Kier molecular flexibility index (Phi) is 4.92. The van der Waals surface area contributed by atoms with Gasteiger partial charge in [-0.3, -0.25) is 0 Å². The molecule has 2 aromatic heterocycles. The second kappa shape index (κ2) is 6.49. The Morgan fingerprint density at radius 2 is 2.20 bits per heavy atom. The van der Waals surface area contributed by atoms with E-state index in [1.54, 1.807) is 11.6 Å². The first-order valence-electron chi connectivity index (χ1n) is 5.80. The fourth-order valence-corrected chi connectivity index (χ4v) is 3.35.